The second-order valence-electron chi connectivity index (χ2n) is 8.85. The minimum atomic E-state index is 0.227. The van der Waals surface area contributed by atoms with Crippen LogP contribution in [0, 0.1) is 0 Å². The van der Waals surface area contributed by atoms with Gasteiger partial charge in [-0.1, -0.05) is 48.5 Å². The SMILES string of the molecule is COCCN1C[C@H](NC(=S)Nc2c3c(nn2-c2ccccc2)CCC3)[C@@H](c2ccccc2)C1. The molecular formula is C26H31N5OS. The molecule has 0 amide bonds. The lowest BCUT2D eigenvalue weighted by Crippen LogP contribution is -2.42. The zero-order chi connectivity index (χ0) is 22.6. The highest BCUT2D eigenvalue weighted by molar-refractivity contribution is 7.80. The summed E-state index contributed by atoms with van der Waals surface area (Å²) in [6.45, 7) is 3.58. The monoisotopic (exact) mass is 461 g/mol. The number of likely N-dealkylation sites (tertiary alicyclic amines) is 1. The maximum atomic E-state index is 5.84. The molecule has 0 unspecified atom stereocenters. The van der Waals surface area contributed by atoms with Crippen LogP contribution in [0.5, 0.6) is 0 Å². The summed E-state index contributed by atoms with van der Waals surface area (Å²) in [5.41, 5.74) is 4.85. The van der Waals surface area contributed by atoms with Gasteiger partial charge in [-0.05, 0) is 49.2 Å². The number of aryl methyl sites for hydroxylation is 1. The maximum Gasteiger partial charge on any atom is 0.172 e. The van der Waals surface area contributed by atoms with Gasteiger partial charge in [-0.3, -0.25) is 4.90 Å². The van der Waals surface area contributed by atoms with Crippen LogP contribution >= 0.6 is 12.2 Å². The van der Waals surface area contributed by atoms with E-state index in [2.05, 4.69) is 58.0 Å². The number of rotatable bonds is 7. The lowest BCUT2D eigenvalue weighted by molar-refractivity contribution is 0.159. The second-order valence-corrected chi connectivity index (χ2v) is 9.26. The van der Waals surface area contributed by atoms with Crippen LogP contribution in [0.25, 0.3) is 5.69 Å². The molecule has 1 saturated heterocycles. The summed E-state index contributed by atoms with van der Waals surface area (Å²) in [4.78, 5) is 2.45. The number of methoxy groups -OCH3 is 1. The normalized spacial score (nSPS) is 20.0. The van der Waals surface area contributed by atoms with Crippen molar-refractivity contribution in [1.29, 1.82) is 0 Å². The van der Waals surface area contributed by atoms with Crippen LogP contribution in [-0.2, 0) is 17.6 Å². The number of para-hydroxylation sites is 1. The van der Waals surface area contributed by atoms with Crippen LogP contribution in [0.2, 0.25) is 0 Å². The Morgan fingerprint density at radius 2 is 1.82 bits per heavy atom. The molecule has 0 saturated carbocycles. The van der Waals surface area contributed by atoms with E-state index in [9.17, 15) is 0 Å². The molecule has 1 aliphatic heterocycles. The van der Waals surface area contributed by atoms with E-state index in [4.69, 9.17) is 22.1 Å². The van der Waals surface area contributed by atoms with E-state index in [-0.39, 0.29) is 6.04 Å². The molecule has 1 fully saturated rings. The molecule has 2 atom stereocenters. The number of anilines is 1. The highest BCUT2D eigenvalue weighted by Gasteiger charge is 2.34. The number of nitrogens with one attached hydrogen (secondary N) is 2. The van der Waals surface area contributed by atoms with Crippen LogP contribution in [0.3, 0.4) is 0 Å². The molecule has 1 aromatic heterocycles. The predicted molar refractivity (Wildman–Crippen MR) is 136 cm³/mol. The first-order chi connectivity index (χ1) is 16.2. The first-order valence-corrected chi connectivity index (χ1v) is 12.1. The Morgan fingerprint density at radius 3 is 2.58 bits per heavy atom. The molecule has 7 heteroatoms. The Hall–Kier alpha value is -2.74. The first kappa shape index (κ1) is 22.1. The van der Waals surface area contributed by atoms with Gasteiger partial charge in [0.1, 0.15) is 5.82 Å². The first-order valence-electron chi connectivity index (χ1n) is 11.7. The van der Waals surface area contributed by atoms with Gasteiger partial charge in [0.15, 0.2) is 5.11 Å². The smallest absolute Gasteiger partial charge is 0.172 e. The Bertz CT molecular complexity index is 1080. The van der Waals surface area contributed by atoms with Gasteiger partial charge >= 0.3 is 0 Å². The molecule has 2 heterocycles. The summed E-state index contributed by atoms with van der Waals surface area (Å²) in [7, 11) is 1.76. The van der Waals surface area contributed by atoms with Crippen LogP contribution in [0.1, 0.15) is 29.2 Å². The number of hydrogen-bond acceptors (Lipinski definition) is 4. The van der Waals surface area contributed by atoms with Gasteiger partial charge < -0.3 is 15.4 Å². The quantitative estimate of drug-likeness (QED) is 0.523. The van der Waals surface area contributed by atoms with Crippen LogP contribution in [-0.4, -0.2) is 59.2 Å². The van der Waals surface area contributed by atoms with Gasteiger partial charge in [0.2, 0.25) is 0 Å². The summed E-state index contributed by atoms with van der Waals surface area (Å²) in [6, 6.07) is 21.2. The van der Waals surface area contributed by atoms with Gasteiger partial charge in [0, 0.05) is 44.3 Å². The minimum Gasteiger partial charge on any atom is -0.383 e. The lowest BCUT2D eigenvalue weighted by atomic mass is 9.94. The fraction of sp³-hybridized carbons (Fsp3) is 0.385. The van der Waals surface area contributed by atoms with Crippen molar-refractivity contribution in [3.8, 4) is 5.69 Å². The zero-order valence-electron chi connectivity index (χ0n) is 19.0. The molecule has 2 N–H and O–H groups in total. The van der Waals surface area contributed by atoms with Gasteiger partial charge in [0.05, 0.1) is 18.0 Å². The number of benzene rings is 2. The van der Waals surface area contributed by atoms with Crippen molar-refractivity contribution < 1.29 is 4.74 Å². The number of aromatic nitrogens is 2. The van der Waals surface area contributed by atoms with Crippen molar-refractivity contribution in [2.24, 2.45) is 0 Å². The van der Waals surface area contributed by atoms with Gasteiger partial charge in [-0.2, -0.15) is 5.10 Å². The molecule has 172 valence electrons. The van der Waals surface area contributed by atoms with Crippen molar-refractivity contribution in [3.63, 3.8) is 0 Å². The Kier molecular flexibility index (Phi) is 6.71. The Morgan fingerprint density at radius 1 is 1.06 bits per heavy atom. The lowest BCUT2D eigenvalue weighted by Gasteiger charge is -2.23. The average Bonchev–Trinajstić information content (AvgIpc) is 3.55. The standard InChI is InChI=1S/C26H31N5OS/c1-32-16-15-30-17-22(19-9-4-2-5-10-19)24(18-30)27-26(33)28-25-21-13-8-14-23(21)29-31(25)20-11-6-3-7-12-20/h2-7,9-12,22,24H,8,13-18H2,1H3,(H2,27,28,33)/t22-,24+/m1/s1. The van der Waals surface area contributed by atoms with E-state index >= 15 is 0 Å². The number of hydrogen-bond donors (Lipinski definition) is 2. The minimum absolute atomic E-state index is 0.227. The van der Waals surface area contributed by atoms with E-state index in [0.29, 0.717) is 11.0 Å². The van der Waals surface area contributed by atoms with Crippen molar-refractivity contribution in [2.45, 2.75) is 31.2 Å². The molecule has 33 heavy (non-hydrogen) atoms. The Labute approximate surface area is 200 Å². The fourth-order valence-electron chi connectivity index (χ4n) is 5.06. The number of fused-ring (bicyclic) bond motifs is 1. The number of ether oxygens (including phenoxy) is 1. The summed E-state index contributed by atoms with van der Waals surface area (Å²) in [5, 5.41) is 12.7. The highest BCUT2D eigenvalue weighted by Crippen LogP contribution is 2.31. The fourth-order valence-corrected chi connectivity index (χ4v) is 5.31. The summed E-state index contributed by atoms with van der Waals surface area (Å²) in [5.74, 6) is 1.37. The van der Waals surface area contributed by atoms with Crippen molar-refractivity contribution >= 4 is 23.1 Å². The van der Waals surface area contributed by atoms with Crippen molar-refractivity contribution in [1.82, 2.24) is 20.0 Å². The van der Waals surface area contributed by atoms with Crippen LogP contribution < -0.4 is 10.6 Å². The van der Waals surface area contributed by atoms with Crippen LogP contribution in [0.4, 0.5) is 5.82 Å². The Balaban J connectivity index is 1.35. The molecule has 0 bridgehead atoms. The predicted octanol–water partition coefficient (Wildman–Crippen LogP) is 3.76. The van der Waals surface area contributed by atoms with Gasteiger partial charge in [-0.15, -0.1) is 0 Å². The number of thiocarbonyl (C=S) groups is 1. The topological polar surface area (TPSA) is 54.4 Å². The van der Waals surface area contributed by atoms with Gasteiger partial charge in [-0.25, -0.2) is 4.68 Å². The van der Waals surface area contributed by atoms with Crippen molar-refractivity contribution in [3.05, 3.63) is 77.5 Å². The third-order valence-electron chi connectivity index (χ3n) is 6.69. The molecule has 3 aromatic rings. The highest BCUT2D eigenvalue weighted by atomic mass is 32.1. The van der Waals surface area contributed by atoms with E-state index in [1.165, 1.54) is 16.8 Å². The molecule has 5 rings (SSSR count). The molecule has 2 aromatic carbocycles. The summed E-state index contributed by atoms with van der Waals surface area (Å²) < 4.78 is 7.33. The maximum absolute atomic E-state index is 5.84. The average molecular weight is 462 g/mol. The third-order valence-corrected chi connectivity index (χ3v) is 6.91. The molecule has 1 aliphatic carbocycles. The van der Waals surface area contributed by atoms with E-state index in [1.807, 2.05) is 22.9 Å². The summed E-state index contributed by atoms with van der Waals surface area (Å²) in [6.07, 6.45) is 3.21. The second kappa shape index (κ2) is 10.0. The van der Waals surface area contributed by atoms with E-state index in [1.54, 1.807) is 7.11 Å². The van der Waals surface area contributed by atoms with E-state index in [0.717, 1.165) is 57.0 Å². The molecular weight excluding hydrogens is 430 g/mol. The van der Waals surface area contributed by atoms with Crippen molar-refractivity contribution in [2.75, 3.05) is 38.7 Å². The molecule has 2 aliphatic rings. The largest absolute Gasteiger partial charge is 0.383 e. The van der Waals surface area contributed by atoms with Crippen LogP contribution in [0.15, 0.2) is 60.7 Å². The molecule has 0 radical (unpaired) electrons. The van der Waals surface area contributed by atoms with E-state index < -0.39 is 0 Å². The molecule has 6 nitrogen and oxygen atoms in total. The summed E-state index contributed by atoms with van der Waals surface area (Å²) >= 11 is 5.84. The third kappa shape index (κ3) is 4.81. The molecule has 0 spiro atoms. The number of nitrogens with zero attached hydrogens (tertiary/aromatic N) is 3. The van der Waals surface area contributed by atoms with Gasteiger partial charge in [0.25, 0.3) is 0 Å². The zero-order valence-corrected chi connectivity index (χ0v) is 19.9.